The van der Waals surface area contributed by atoms with Gasteiger partial charge in [0.1, 0.15) is 6.04 Å². The molecule has 0 saturated carbocycles. The zero-order valence-corrected chi connectivity index (χ0v) is 20.4. The minimum atomic E-state index is -0.722. The van der Waals surface area contributed by atoms with E-state index in [1.54, 1.807) is 4.57 Å². The quantitative estimate of drug-likeness (QED) is 0.256. The van der Waals surface area contributed by atoms with E-state index in [9.17, 15) is 14.4 Å². The topological polar surface area (TPSA) is 168 Å². The third-order valence-corrected chi connectivity index (χ3v) is 5.67. The molecule has 0 aromatic carbocycles. The van der Waals surface area contributed by atoms with Gasteiger partial charge in [-0.3, -0.25) is 19.4 Å². The fourth-order valence-corrected chi connectivity index (χ4v) is 3.46. The summed E-state index contributed by atoms with van der Waals surface area (Å²) < 4.78 is 12.5. The summed E-state index contributed by atoms with van der Waals surface area (Å²) in [4.78, 5) is 47.0. The van der Waals surface area contributed by atoms with Crippen LogP contribution in [0.15, 0.2) is 11.1 Å². The number of rotatable bonds is 15. The van der Waals surface area contributed by atoms with Crippen molar-refractivity contribution in [3.8, 4) is 0 Å². The molecule has 11 heteroatoms. The van der Waals surface area contributed by atoms with Gasteiger partial charge in [-0.25, -0.2) is 4.98 Å². The third-order valence-electron chi connectivity index (χ3n) is 5.67. The van der Waals surface area contributed by atoms with Gasteiger partial charge < -0.3 is 25.5 Å². The van der Waals surface area contributed by atoms with E-state index in [1.807, 2.05) is 13.8 Å². The van der Waals surface area contributed by atoms with Crippen molar-refractivity contribution in [2.45, 2.75) is 78.3 Å². The van der Waals surface area contributed by atoms with Crippen LogP contribution < -0.4 is 17.0 Å². The Morgan fingerprint density at radius 3 is 2.62 bits per heavy atom. The number of unbranched alkanes of at least 4 members (excludes halogenated alkanes) is 4. The molecule has 2 atom stereocenters. The molecule has 190 valence electrons. The number of nitrogens with one attached hydrogen (secondary N) is 1. The number of carbonyl (C=O) groups is 2. The van der Waals surface area contributed by atoms with E-state index >= 15 is 0 Å². The van der Waals surface area contributed by atoms with E-state index in [2.05, 4.69) is 21.9 Å². The molecule has 0 unspecified atom stereocenters. The molecule has 0 radical (unpaired) electrons. The number of aromatic amines is 1. The number of hydrogen-bond acceptors (Lipinski definition) is 9. The van der Waals surface area contributed by atoms with Crippen molar-refractivity contribution in [1.29, 1.82) is 0 Å². The molecule has 0 aliphatic rings. The normalized spacial score (nSPS) is 13.2. The number of H-pyrrole nitrogens is 1. The van der Waals surface area contributed by atoms with Crippen molar-refractivity contribution in [2.75, 3.05) is 18.9 Å². The van der Waals surface area contributed by atoms with Gasteiger partial charge >= 0.3 is 11.9 Å². The highest BCUT2D eigenvalue weighted by Crippen LogP contribution is 2.15. The van der Waals surface area contributed by atoms with Crippen LogP contribution in [0, 0.1) is 11.8 Å². The van der Waals surface area contributed by atoms with Crippen LogP contribution in [0.3, 0.4) is 0 Å². The fraction of sp³-hybridized carbons (Fsp3) is 0.696. The van der Waals surface area contributed by atoms with Crippen molar-refractivity contribution in [3.05, 3.63) is 16.7 Å². The molecule has 2 aromatic heterocycles. The van der Waals surface area contributed by atoms with Crippen molar-refractivity contribution in [3.63, 3.8) is 0 Å². The number of ether oxygens (including phenoxy) is 2. The number of nitrogen functional groups attached to an aromatic ring is 1. The summed E-state index contributed by atoms with van der Waals surface area (Å²) in [5.41, 5.74) is 11.6. The smallest absolute Gasteiger partial charge is 0.323 e. The average molecular weight is 479 g/mol. The van der Waals surface area contributed by atoms with Gasteiger partial charge in [-0.1, -0.05) is 46.5 Å². The lowest BCUT2D eigenvalue weighted by molar-refractivity contribution is -0.149. The molecule has 34 heavy (non-hydrogen) atoms. The molecule has 0 spiro atoms. The summed E-state index contributed by atoms with van der Waals surface area (Å²) >= 11 is 0. The Morgan fingerprint density at radius 2 is 1.91 bits per heavy atom. The molecule has 5 N–H and O–H groups in total. The van der Waals surface area contributed by atoms with Crippen LogP contribution in [0.4, 0.5) is 5.95 Å². The van der Waals surface area contributed by atoms with Crippen molar-refractivity contribution in [2.24, 2.45) is 17.6 Å². The monoisotopic (exact) mass is 478 g/mol. The van der Waals surface area contributed by atoms with E-state index in [0.717, 1.165) is 25.7 Å². The lowest BCUT2D eigenvalue weighted by Crippen LogP contribution is -2.38. The first-order valence-electron chi connectivity index (χ1n) is 12.0. The molecule has 0 bridgehead atoms. The fourth-order valence-electron chi connectivity index (χ4n) is 3.46. The number of nitrogens with zero attached hydrogens (tertiary/aromatic N) is 3. The number of fused-ring (bicyclic) bond motifs is 1. The van der Waals surface area contributed by atoms with Crippen molar-refractivity contribution < 1.29 is 19.1 Å². The van der Waals surface area contributed by atoms with Crippen LogP contribution in [0.2, 0.25) is 0 Å². The van der Waals surface area contributed by atoms with Crippen LogP contribution in [0.1, 0.15) is 65.7 Å². The van der Waals surface area contributed by atoms with Crippen LogP contribution in [0.25, 0.3) is 11.2 Å². The molecule has 0 saturated heterocycles. The van der Waals surface area contributed by atoms with E-state index < -0.39 is 17.6 Å². The van der Waals surface area contributed by atoms with Gasteiger partial charge in [-0.05, 0) is 18.8 Å². The summed E-state index contributed by atoms with van der Waals surface area (Å²) in [6, 6.07) is -0.722. The first-order chi connectivity index (χ1) is 16.2. The maximum atomic E-state index is 12.2. The number of nitrogens with two attached hydrogens (primary N) is 2. The van der Waals surface area contributed by atoms with E-state index in [1.165, 1.54) is 12.7 Å². The van der Waals surface area contributed by atoms with E-state index in [4.69, 9.17) is 20.9 Å². The van der Waals surface area contributed by atoms with E-state index in [0.29, 0.717) is 25.0 Å². The Morgan fingerprint density at radius 1 is 1.18 bits per heavy atom. The Kier molecular flexibility index (Phi) is 11.0. The number of hydrogen-bond donors (Lipinski definition) is 3. The number of aromatic nitrogens is 4. The van der Waals surface area contributed by atoms with Crippen molar-refractivity contribution >= 4 is 29.1 Å². The van der Waals surface area contributed by atoms with Gasteiger partial charge in [0.25, 0.3) is 5.56 Å². The van der Waals surface area contributed by atoms with Gasteiger partial charge in [0.2, 0.25) is 5.95 Å². The molecular weight excluding hydrogens is 440 g/mol. The summed E-state index contributed by atoms with van der Waals surface area (Å²) in [6.07, 6.45) is 7.61. The summed E-state index contributed by atoms with van der Waals surface area (Å²) in [7, 11) is 0. The zero-order valence-electron chi connectivity index (χ0n) is 20.4. The minimum absolute atomic E-state index is 0.0157. The number of esters is 2. The molecule has 2 aromatic rings. The van der Waals surface area contributed by atoms with Crippen LogP contribution >= 0.6 is 0 Å². The van der Waals surface area contributed by atoms with Gasteiger partial charge in [-0.15, -0.1) is 0 Å². The van der Waals surface area contributed by atoms with Crippen LogP contribution in [-0.4, -0.2) is 50.7 Å². The highest BCUT2D eigenvalue weighted by molar-refractivity contribution is 5.75. The zero-order chi connectivity index (χ0) is 25.1. The molecule has 2 rings (SSSR count). The second-order valence-electron chi connectivity index (χ2n) is 8.96. The van der Waals surface area contributed by atoms with Crippen molar-refractivity contribution in [1.82, 2.24) is 19.5 Å². The van der Waals surface area contributed by atoms with Gasteiger partial charge in [-0.2, -0.15) is 4.98 Å². The maximum Gasteiger partial charge on any atom is 0.323 e. The average Bonchev–Trinajstić information content (AvgIpc) is 3.19. The second kappa shape index (κ2) is 13.7. The SMILES string of the molecule is CCCCCCCC(=O)OCC[C@@H](COC(=O)[C@@H](N)C(C)C)Cn1cnc2c(=O)[nH]c(N)nc21. The molecule has 11 nitrogen and oxygen atoms in total. The molecule has 0 aliphatic carbocycles. The van der Waals surface area contributed by atoms with Crippen LogP contribution in [-0.2, 0) is 25.6 Å². The molecule has 0 aliphatic heterocycles. The Balaban J connectivity index is 1.99. The summed E-state index contributed by atoms with van der Waals surface area (Å²) in [5.74, 6) is -1.01. The Bertz CT molecular complexity index is 986. The molecule has 2 heterocycles. The largest absolute Gasteiger partial charge is 0.466 e. The number of imidazole rings is 1. The lowest BCUT2D eigenvalue weighted by Gasteiger charge is -2.20. The van der Waals surface area contributed by atoms with Gasteiger partial charge in [0, 0.05) is 18.9 Å². The van der Waals surface area contributed by atoms with Crippen LogP contribution in [0.5, 0.6) is 0 Å². The van der Waals surface area contributed by atoms with Gasteiger partial charge in [0.15, 0.2) is 11.2 Å². The summed E-state index contributed by atoms with van der Waals surface area (Å²) in [6.45, 7) is 6.44. The first kappa shape index (κ1) is 27.3. The second-order valence-corrected chi connectivity index (χ2v) is 8.96. The number of carbonyl (C=O) groups excluding carboxylic acids is 2. The summed E-state index contributed by atoms with van der Waals surface area (Å²) in [5, 5.41) is 0. The highest BCUT2D eigenvalue weighted by Gasteiger charge is 2.22. The van der Waals surface area contributed by atoms with E-state index in [-0.39, 0.29) is 42.5 Å². The molecular formula is C23H38N6O5. The minimum Gasteiger partial charge on any atom is -0.466 e. The maximum absolute atomic E-state index is 12.2. The Labute approximate surface area is 199 Å². The Hall–Kier alpha value is -2.95. The first-order valence-corrected chi connectivity index (χ1v) is 12.0. The predicted octanol–water partition coefficient (Wildman–Crippen LogP) is 2.14. The lowest BCUT2D eigenvalue weighted by atomic mass is 10.1. The molecule has 0 fully saturated rings. The standard InChI is InChI=1S/C23H38N6O5/c1-4-5-6-7-8-9-17(30)33-11-10-16(13-34-22(32)18(24)15(2)3)12-29-14-26-19-20(29)27-23(25)28-21(19)31/h14-16,18H,4-13,24H2,1-3H3,(H3,25,27,28,31)/t16-,18+/m1/s1. The van der Waals surface area contributed by atoms with Gasteiger partial charge in [0.05, 0.1) is 19.5 Å². The number of anilines is 1. The predicted molar refractivity (Wildman–Crippen MR) is 129 cm³/mol. The highest BCUT2D eigenvalue weighted by atomic mass is 16.5. The third kappa shape index (κ3) is 8.44. The molecule has 0 amide bonds.